The molecule has 0 bridgehead atoms. The minimum Gasteiger partial charge on any atom is -0.299 e. The van der Waals surface area contributed by atoms with Crippen molar-refractivity contribution in [1.29, 1.82) is 0 Å². The van der Waals surface area contributed by atoms with Gasteiger partial charge in [0, 0.05) is 11.0 Å². The van der Waals surface area contributed by atoms with E-state index in [1.165, 1.54) is 36.0 Å². The van der Waals surface area contributed by atoms with Gasteiger partial charge in [0.1, 0.15) is 0 Å². The highest BCUT2D eigenvalue weighted by atomic mass is 79.9. The van der Waals surface area contributed by atoms with E-state index >= 15 is 0 Å². The topological polar surface area (TPSA) is 3.24 Å². The van der Waals surface area contributed by atoms with Gasteiger partial charge < -0.3 is 0 Å². The van der Waals surface area contributed by atoms with Crippen LogP contribution >= 0.6 is 15.9 Å². The summed E-state index contributed by atoms with van der Waals surface area (Å²) >= 11 is 3.62. The molecule has 1 saturated heterocycles. The van der Waals surface area contributed by atoms with Crippen molar-refractivity contribution in [3.05, 3.63) is 34.3 Å². The molecule has 1 aliphatic heterocycles. The number of hydrogen-bond acceptors (Lipinski definition) is 1. The number of rotatable bonds is 2. The molecule has 0 aliphatic carbocycles. The highest BCUT2D eigenvalue weighted by Crippen LogP contribution is 2.30. The molecule has 0 saturated carbocycles. The van der Waals surface area contributed by atoms with E-state index in [1.807, 2.05) is 0 Å². The second kappa shape index (κ2) is 4.89. The number of hydrogen-bond donors (Lipinski definition) is 0. The first-order valence-corrected chi connectivity index (χ1v) is 6.82. The van der Waals surface area contributed by atoms with Crippen molar-refractivity contribution in [3.8, 4) is 0 Å². The van der Waals surface area contributed by atoms with E-state index in [4.69, 9.17) is 0 Å². The van der Waals surface area contributed by atoms with Gasteiger partial charge >= 0.3 is 0 Å². The van der Waals surface area contributed by atoms with Gasteiger partial charge in [-0.2, -0.15) is 0 Å². The van der Waals surface area contributed by atoms with Crippen LogP contribution in [0, 0.1) is 5.41 Å². The van der Waals surface area contributed by atoms with E-state index in [-0.39, 0.29) is 0 Å². The molecule has 1 nitrogen and oxygen atoms in total. The highest BCUT2D eigenvalue weighted by molar-refractivity contribution is 9.10. The zero-order chi connectivity index (χ0) is 11.6. The first-order chi connectivity index (χ1) is 7.57. The Bertz CT molecular complexity index is 350. The molecule has 0 N–H and O–H groups in total. The van der Waals surface area contributed by atoms with Crippen LogP contribution in [0.25, 0.3) is 0 Å². The summed E-state index contributed by atoms with van der Waals surface area (Å²) in [6.45, 7) is 8.30. The fourth-order valence-electron chi connectivity index (χ4n) is 2.18. The van der Waals surface area contributed by atoms with Crippen LogP contribution in [0.1, 0.15) is 32.3 Å². The van der Waals surface area contributed by atoms with Gasteiger partial charge in [-0.05, 0) is 43.0 Å². The minimum atomic E-state index is 0.546. The zero-order valence-electron chi connectivity index (χ0n) is 10.2. The number of nitrogens with zero attached hydrogens (tertiary/aromatic N) is 1. The fraction of sp³-hybridized carbons (Fsp3) is 0.571. The smallest absolute Gasteiger partial charge is 0.0244 e. The third-order valence-electron chi connectivity index (χ3n) is 3.56. The Labute approximate surface area is 107 Å². The van der Waals surface area contributed by atoms with E-state index in [1.54, 1.807) is 0 Å². The summed E-state index contributed by atoms with van der Waals surface area (Å²) in [6.07, 6.45) is 2.63. The molecule has 0 unspecified atom stereocenters. The van der Waals surface area contributed by atoms with Gasteiger partial charge in [-0.25, -0.2) is 0 Å². The minimum absolute atomic E-state index is 0.546. The lowest BCUT2D eigenvalue weighted by atomic mass is 9.82. The number of benzene rings is 1. The summed E-state index contributed by atoms with van der Waals surface area (Å²) in [5.74, 6) is 0. The first kappa shape index (κ1) is 12.1. The van der Waals surface area contributed by atoms with Crippen LogP contribution in [0.4, 0.5) is 0 Å². The maximum Gasteiger partial charge on any atom is 0.0244 e. The van der Waals surface area contributed by atoms with Crippen LogP contribution in [-0.2, 0) is 6.54 Å². The molecule has 0 amide bonds. The van der Waals surface area contributed by atoms with E-state index in [9.17, 15) is 0 Å². The van der Waals surface area contributed by atoms with Gasteiger partial charge in [-0.3, -0.25) is 4.90 Å². The van der Waals surface area contributed by atoms with Gasteiger partial charge in [-0.1, -0.05) is 48.0 Å². The number of halogens is 1. The summed E-state index contributed by atoms with van der Waals surface area (Å²) in [7, 11) is 0. The molecule has 1 fully saturated rings. The largest absolute Gasteiger partial charge is 0.299 e. The Morgan fingerprint density at radius 3 is 2.44 bits per heavy atom. The third kappa shape index (κ3) is 3.08. The predicted octanol–water partition coefficient (Wildman–Crippen LogP) is 4.07. The quantitative estimate of drug-likeness (QED) is 0.790. The highest BCUT2D eigenvalue weighted by Gasteiger charge is 2.25. The molecule has 0 spiro atoms. The maximum absolute atomic E-state index is 3.62. The Morgan fingerprint density at radius 2 is 1.81 bits per heavy atom. The second-order valence-electron chi connectivity index (χ2n) is 5.53. The van der Waals surface area contributed by atoms with Gasteiger partial charge in [-0.15, -0.1) is 0 Å². The molecule has 2 heteroatoms. The first-order valence-electron chi connectivity index (χ1n) is 6.03. The molecule has 1 aromatic rings. The molecule has 0 aromatic heterocycles. The predicted molar refractivity (Wildman–Crippen MR) is 72.4 cm³/mol. The SMILES string of the molecule is CC1(C)CCN(Cc2ccccc2Br)CC1. The normalized spacial score (nSPS) is 20.9. The fourth-order valence-corrected chi connectivity index (χ4v) is 2.59. The molecular weight excluding hydrogens is 262 g/mol. The summed E-state index contributed by atoms with van der Waals surface area (Å²) < 4.78 is 1.24. The van der Waals surface area contributed by atoms with Crippen LogP contribution in [0.5, 0.6) is 0 Å². The summed E-state index contributed by atoms with van der Waals surface area (Å²) in [5, 5.41) is 0. The Hall–Kier alpha value is -0.340. The molecule has 0 atom stereocenters. The maximum atomic E-state index is 3.62. The number of likely N-dealkylation sites (tertiary alicyclic amines) is 1. The third-order valence-corrected chi connectivity index (χ3v) is 4.34. The lowest BCUT2D eigenvalue weighted by molar-refractivity contribution is 0.127. The number of piperidine rings is 1. The van der Waals surface area contributed by atoms with E-state index in [0.717, 1.165) is 6.54 Å². The molecule has 16 heavy (non-hydrogen) atoms. The van der Waals surface area contributed by atoms with Crippen LogP contribution in [-0.4, -0.2) is 18.0 Å². The zero-order valence-corrected chi connectivity index (χ0v) is 11.8. The van der Waals surface area contributed by atoms with Crippen LogP contribution < -0.4 is 0 Å². The van der Waals surface area contributed by atoms with Crippen molar-refractivity contribution in [2.24, 2.45) is 5.41 Å². The van der Waals surface area contributed by atoms with Crippen LogP contribution in [0.15, 0.2) is 28.7 Å². The Morgan fingerprint density at radius 1 is 1.19 bits per heavy atom. The van der Waals surface area contributed by atoms with Gasteiger partial charge in [0.25, 0.3) is 0 Å². The van der Waals surface area contributed by atoms with E-state index in [0.29, 0.717) is 5.41 Å². The van der Waals surface area contributed by atoms with Crippen molar-refractivity contribution in [2.75, 3.05) is 13.1 Å². The Kier molecular flexibility index (Phi) is 3.70. The molecule has 2 rings (SSSR count). The van der Waals surface area contributed by atoms with Crippen molar-refractivity contribution in [1.82, 2.24) is 4.90 Å². The molecular formula is C14H20BrN. The van der Waals surface area contributed by atoms with Gasteiger partial charge in [0.05, 0.1) is 0 Å². The lowest BCUT2D eigenvalue weighted by Gasteiger charge is -2.37. The molecule has 0 radical (unpaired) electrons. The molecule has 1 aromatic carbocycles. The average molecular weight is 282 g/mol. The summed E-state index contributed by atoms with van der Waals surface area (Å²) in [5.41, 5.74) is 1.95. The van der Waals surface area contributed by atoms with E-state index < -0.39 is 0 Å². The summed E-state index contributed by atoms with van der Waals surface area (Å²) in [6, 6.07) is 8.54. The average Bonchev–Trinajstić information content (AvgIpc) is 2.24. The molecule has 88 valence electrons. The van der Waals surface area contributed by atoms with Crippen molar-refractivity contribution < 1.29 is 0 Å². The lowest BCUT2D eigenvalue weighted by Crippen LogP contribution is -2.36. The van der Waals surface area contributed by atoms with Crippen LogP contribution in [0.2, 0.25) is 0 Å². The van der Waals surface area contributed by atoms with Crippen molar-refractivity contribution >= 4 is 15.9 Å². The van der Waals surface area contributed by atoms with Crippen molar-refractivity contribution in [2.45, 2.75) is 33.2 Å². The summed E-state index contributed by atoms with van der Waals surface area (Å²) in [4.78, 5) is 2.56. The standard InChI is InChI=1S/C14H20BrN/c1-14(2)7-9-16(10-8-14)11-12-5-3-4-6-13(12)15/h3-6H,7-11H2,1-2H3. The van der Waals surface area contributed by atoms with Crippen molar-refractivity contribution in [3.63, 3.8) is 0 Å². The monoisotopic (exact) mass is 281 g/mol. The molecule has 1 heterocycles. The Balaban J connectivity index is 1.95. The van der Waals surface area contributed by atoms with Crippen LogP contribution in [0.3, 0.4) is 0 Å². The van der Waals surface area contributed by atoms with E-state index in [2.05, 4.69) is 58.9 Å². The van der Waals surface area contributed by atoms with Gasteiger partial charge in [0.15, 0.2) is 0 Å². The van der Waals surface area contributed by atoms with Gasteiger partial charge in [0.2, 0.25) is 0 Å². The second-order valence-corrected chi connectivity index (χ2v) is 6.39. The molecule has 1 aliphatic rings.